The van der Waals surface area contributed by atoms with Crippen LogP contribution in [0.25, 0.3) is 0 Å². The molecule has 2 aromatic rings. The SMILES string of the molecule is COc1cccc(C2=NC(C)(C)CO2)c1CC(C)c1ccccc1. The number of benzene rings is 2. The van der Waals surface area contributed by atoms with E-state index in [1.165, 1.54) is 5.56 Å². The van der Waals surface area contributed by atoms with Gasteiger partial charge in [-0.05, 0) is 43.9 Å². The average molecular weight is 323 g/mol. The summed E-state index contributed by atoms with van der Waals surface area (Å²) in [5, 5.41) is 0. The molecule has 126 valence electrons. The van der Waals surface area contributed by atoms with Crippen LogP contribution in [0, 0.1) is 0 Å². The van der Waals surface area contributed by atoms with Crippen LogP contribution in [0.15, 0.2) is 53.5 Å². The highest BCUT2D eigenvalue weighted by atomic mass is 16.5. The Bertz CT molecular complexity index is 735. The molecule has 1 heterocycles. The third kappa shape index (κ3) is 3.45. The zero-order valence-electron chi connectivity index (χ0n) is 14.9. The van der Waals surface area contributed by atoms with Crippen molar-refractivity contribution in [2.45, 2.75) is 38.6 Å². The fraction of sp³-hybridized carbons (Fsp3) is 0.381. The van der Waals surface area contributed by atoms with Crippen molar-refractivity contribution in [1.82, 2.24) is 0 Å². The summed E-state index contributed by atoms with van der Waals surface area (Å²) in [5.41, 5.74) is 3.36. The Morgan fingerprint density at radius 1 is 1.12 bits per heavy atom. The predicted octanol–water partition coefficient (Wildman–Crippen LogP) is 4.60. The van der Waals surface area contributed by atoms with Gasteiger partial charge in [0.2, 0.25) is 5.90 Å². The molecule has 1 aliphatic rings. The van der Waals surface area contributed by atoms with Gasteiger partial charge in [-0.25, -0.2) is 4.99 Å². The van der Waals surface area contributed by atoms with E-state index in [0.29, 0.717) is 12.5 Å². The maximum atomic E-state index is 5.88. The molecule has 0 aromatic heterocycles. The lowest BCUT2D eigenvalue weighted by Crippen LogP contribution is -2.17. The molecule has 1 atom stereocenters. The third-order valence-electron chi connectivity index (χ3n) is 4.43. The average Bonchev–Trinajstić information content (AvgIpc) is 2.95. The lowest BCUT2D eigenvalue weighted by Gasteiger charge is -2.18. The largest absolute Gasteiger partial charge is 0.496 e. The highest BCUT2D eigenvalue weighted by Crippen LogP contribution is 2.32. The summed E-state index contributed by atoms with van der Waals surface area (Å²) in [6.45, 7) is 7.04. The Kier molecular flexibility index (Phi) is 4.61. The molecule has 3 heteroatoms. The maximum absolute atomic E-state index is 5.88. The van der Waals surface area contributed by atoms with Crippen molar-refractivity contribution >= 4 is 5.90 Å². The Balaban J connectivity index is 1.97. The van der Waals surface area contributed by atoms with Crippen molar-refractivity contribution in [3.05, 3.63) is 65.2 Å². The maximum Gasteiger partial charge on any atom is 0.217 e. The van der Waals surface area contributed by atoms with Crippen molar-refractivity contribution < 1.29 is 9.47 Å². The van der Waals surface area contributed by atoms with E-state index in [9.17, 15) is 0 Å². The Labute approximate surface area is 144 Å². The highest BCUT2D eigenvalue weighted by Gasteiger charge is 2.29. The van der Waals surface area contributed by atoms with Gasteiger partial charge in [0.15, 0.2) is 0 Å². The topological polar surface area (TPSA) is 30.8 Å². The molecule has 1 unspecified atom stereocenters. The molecule has 0 saturated heterocycles. The number of aliphatic imine (C=N–C) groups is 1. The van der Waals surface area contributed by atoms with Crippen molar-refractivity contribution in [3.8, 4) is 5.75 Å². The summed E-state index contributed by atoms with van der Waals surface area (Å²) < 4.78 is 11.5. The number of ether oxygens (including phenoxy) is 2. The molecule has 0 amide bonds. The molecule has 2 aromatic carbocycles. The van der Waals surface area contributed by atoms with Gasteiger partial charge in [-0.3, -0.25) is 0 Å². The van der Waals surface area contributed by atoms with Crippen LogP contribution in [0.5, 0.6) is 5.75 Å². The van der Waals surface area contributed by atoms with Gasteiger partial charge in [0.05, 0.1) is 12.6 Å². The zero-order chi connectivity index (χ0) is 17.2. The molecule has 0 bridgehead atoms. The lowest BCUT2D eigenvalue weighted by atomic mass is 9.90. The van der Waals surface area contributed by atoms with Gasteiger partial charge in [0, 0.05) is 11.1 Å². The molecular formula is C21H25NO2. The highest BCUT2D eigenvalue weighted by molar-refractivity contribution is 5.97. The molecule has 1 aliphatic heterocycles. The van der Waals surface area contributed by atoms with Gasteiger partial charge < -0.3 is 9.47 Å². The molecule has 0 saturated carbocycles. The van der Waals surface area contributed by atoms with E-state index in [4.69, 9.17) is 14.5 Å². The molecule has 0 aliphatic carbocycles. The zero-order valence-corrected chi connectivity index (χ0v) is 14.9. The molecule has 3 rings (SSSR count). The second kappa shape index (κ2) is 6.68. The summed E-state index contributed by atoms with van der Waals surface area (Å²) in [7, 11) is 1.72. The number of methoxy groups -OCH3 is 1. The van der Waals surface area contributed by atoms with Gasteiger partial charge in [0.1, 0.15) is 12.4 Å². The van der Waals surface area contributed by atoms with Crippen LogP contribution < -0.4 is 4.74 Å². The van der Waals surface area contributed by atoms with Gasteiger partial charge in [-0.1, -0.05) is 43.3 Å². The lowest BCUT2D eigenvalue weighted by molar-refractivity contribution is 0.279. The van der Waals surface area contributed by atoms with Crippen molar-refractivity contribution in [2.24, 2.45) is 4.99 Å². The van der Waals surface area contributed by atoms with E-state index in [1.54, 1.807) is 7.11 Å². The van der Waals surface area contributed by atoms with Gasteiger partial charge in [0.25, 0.3) is 0 Å². The number of hydrogen-bond acceptors (Lipinski definition) is 3. The van der Waals surface area contributed by atoms with Crippen LogP contribution in [-0.2, 0) is 11.2 Å². The smallest absolute Gasteiger partial charge is 0.217 e. The second-order valence-electron chi connectivity index (χ2n) is 7.02. The summed E-state index contributed by atoms with van der Waals surface area (Å²) in [5.74, 6) is 2.01. The minimum Gasteiger partial charge on any atom is -0.496 e. The minimum absolute atomic E-state index is 0.166. The van der Waals surface area contributed by atoms with E-state index in [0.717, 1.165) is 29.2 Å². The fourth-order valence-electron chi connectivity index (χ4n) is 3.10. The standard InChI is InChI=1S/C21H25NO2/c1-15(16-9-6-5-7-10-16)13-18-17(11-8-12-19(18)23-4)20-22-21(2,3)14-24-20/h5-12,15H,13-14H2,1-4H3. The van der Waals surface area contributed by atoms with E-state index in [-0.39, 0.29) is 5.54 Å². The van der Waals surface area contributed by atoms with Gasteiger partial charge >= 0.3 is 0 Å². The molecule has 0 radical (unpaired) electrons. The first-order chi connectivity index (χ1) is 11.5. The number of rotatable bonds is 5. The van der Waals surface area contributed by atoms with E-state index >= 15 is 0 Å². The van der Waals surface area contributed by atoms with Crippen molar-refractivity contribution in [1.29, 1.82) is 0 Å². The normalized spacial score (nSPS) is 17.1. The minimum atomic E-state index is -0.166. The fourth-order valence-corrected chi connectivity index (χ4v) is 3.10. The van der Waals surface area contributed by atoms with E-state index in [2.05, 4.69) is 51.1 Å². The van der Waals surface area contributed by atoms with Gasteiger partial charge in [-0.2, -0.15) is 0 Å². The molecule has 0 N–H and O–H groups in total. The van der Waals surface area contributed by atoms with Crippen LogP contribution in [0.2, 0.25) is 0 Å². The van der Waals surface area contributed by atoms with Crippen LogP contribution >= 0.6 is 0 Å². The van der Waals surface area contributed by atoms with Crippen LogP contribution in [0.4, 0.5) is 0 Å². The first-order valence-corrected chi connectivity index (χ1v) is 8.44. The first-order valence-electron chi connectivity index (χ1n) is 8.44. The number of hydrogen-bond donors (Lipinski definition) is 0. The summed E-state index contributed by atoms with van der Waals surface area (Å²) in [4.78, 5) is 4.75. The summed E-state index contributed by atoms with van der Waals surface area (Å²) in [6, 6.07) is 16.7. The first kappa shape index (κ1) is 16.6. The van der Waals surface area contributed by atoms with Crippen LogP contribution in [0.3, 0.4) is 0 Å². The van der Waals surface area contributed by atoms with E-state index in [1.807, 2.05) is 18.2 Å². The van der Waals surface area contributed by atoms with Crippen LogP contribution in [0.1, 0.15) is 43.4 Å². The van der Waals surface area contributed by atoms with E-state index < -0.39 is 0 Å². The molecular weight excluding hydrogens is 298 g/mol. The predicted molar refractivity (Wildman–Crippen MR) is 98.1 cm³/mol. The monoisotopic (exact) mass is 323 g/mol. The Morgan fingerprint density at radius 2 is 1.88 bits per heavy atom. The third-order valence-corrected chi connectivity index (χ3v) is 4.43. The molecule has 24 heavy (non-hydrogen) atoms. The molecule has 3 nitrogen and oxygen atoms in total. The summed E-state index contributed by atoms with van der Waals surface area (Å²) in [6.07, 6.45) is 0.881. The summed E-state index contributed by atoms with van der Waals surface area (Å²) >= 11 is 0. The number of nitrogens with zero attached hydrogens (tertiary/aromatic N) is 1. The van der Waals surface area contributed by atoms with Crippen molar-refractivity contribution in [2.75, 3.05) is 13.7 Å². The quantitative estimate of drug-likeness (QED) is 0.805. The molecule has 0 fully saturated rings. The Hall–Kier alpha value is -2.29. The Morgan fingerprint density at radius 3 is 2.50 bits per heavy atom. The van der Waals surface area contributed by atoms with Crippen molar-refractivity contribution in [3.63, 3.8) is 0 Å². The molecule has 0 spiro atoms. The van der Waals surface area contributed by atoms with Crippen LogP contribution in [-0.4, -0.2) is 25.2 Å². The second-order valence-corrected chi connectivity index (χ2v) is 7.02. The van der Waals surface area contributed by atoms with Gasteiger partial charge in [-0.15, -0.1) is 0 Å².